The third-order valence-electron chi connectivity index (χ3n) is 4.30. The Hall–Kier alpha value is -3.87. The van der Waals surface area contributed by atoms with Gasteiger partial charge in [0.15, 0.2) is 0 Å². The van der Waals surface area contributed by atoms with Crippen LogP contribution in [-0.4, -0.2) is 21.6 Å². The molecular formula is C22H21N5O2. The van der Waals surface area contributed by atoms with Crippen LogP contribution in [-0.2, 0) is 0 Å². The quantitative estimate of drug-likeness (QED) is 0.457. The van der Waals surface area contributed by atoms with Crippen molar-refractivity contribution in [3.63, 3.8) is 0 Å². The molecule has 4 rings (SSSR count). The number of fused-ring (bicyclic) bond motifs is 1. The minimum atomic E-state index is 0.541. The van der Waals surface area contributed by atoms with E-state index >= 15 is 0 Å². The minimum absolute atomic E-state index is 0.541. The highest BCUT2D eigenvalue weighted by Crippen LogP contribution is 2.32. The molecule has 0 bridgehead atoms. The minimum Gasteiger partial charge on any atom is -0.492 e. The summed E-state index contributed by atoms with van der Waals surface area (Å²) >= 11 is 0. The van der Waals surface area contributed by atoms with Gasteiger partial charge in [-0.05, 0) is 56.3 Å². The van der Waals surface area contributed by atoms with Crippen LogP contribution in [0.15, 0.2) is 61.1 Å². The average molecular weight is 387 g/mol. The second kappa shape index (κ2) is 8.02. The van der Waals surface area contributed by atoms with Gasteiger partial charge in [-0.25, -0.2) is 9.97 Å². The predicted molar refractivity (Wildman–Crippen MR) is 114 cm³/mol. The summed E-state index contributed by atoms with van der Waals surface area (Å²) in [5.41, 5.74) is 9.23. The maximum atomic E-state index is 6.11. The molecule has 0 fully saturated rings. The van der Waals surface area contributed by atoms with E-state index in [0.717, 1.165) is 28.0 Å². The number of nitrogens with one attached hydrogen (secondary N) is 1. The normalized spacial score (nSPS) is 10.7. The lowest BCUT2D eigenvalue weighted by Crippen LogP contribution is -2.00. The molecule has 4 aromatic rings. The molecule has 2 aromatic heterocycles. The van der Waals surface area contributed by atoms with Crippen LogP contribution in [0.1, 0.15) is 12.6 Å². The largest absolute Gasteiger partial charge is 0.492 e. The van der Waals surface area contributed by atoms with Crippen molar-refractivity contribution < 1.29 is 9.47 Å². The number of pyridine rings is 1. The van der Waals surface area contributed by atoms with E-state index in [9.17, 15) is 0 Å². The van der Waals surface area contributed by atoms with Crippen LogP contribution in [0.25, 0.3) is 10.9 Å². The van der Waals surface area contributed by atoms with Crippen molar-refractivity contribution in [1.29, 1.82) is 0 Å². The van der Waals surface area contributed by atoms with Gasteiger partial charge in [-0.3, -0.25) is 4.98 Å². The van der Waals surface area contributed by atoms with Gasteiger partial charge in [0.1, 0.15) is 29.4 Å². The monoisotopic (exact) mass is 387 g/mol. The molecule has 7 nitrogen and oxygen atoms in total. The van der Waals surface area contributed by atoms with Gasteiger partial charge in [0.2, 0.25) is 0 Å². The van der Waals surface area contributed by atoms with E-state index in [1.807, 2.05) is 62.4 Å². The van der Waals surface area contributed by atoms with E-state index in [-0.39, 0.29) is 0 Å². The fourth-order valence-corrected chi connectivity index (χ4v) is 2.87. The smallest absolute Gasteiger partial charge is 0.145 e. The van der Waals surface area contributed by atoms with Gasteiger partial charge in [-0.15, -0.1) is 0 Å². The zero-order valence-electron chi connectivity index (χ0n) is 16.2. The van der Waals surface area contributed by atoms with Gasteiger partial charge in [-0.1, -0.05) is 0 Å². The fraction of sp³-hybridized carbons (Fsp3) is 0.136. The van der Waals surface area contributed by atoms with Crippen LogP contribution in [0.2, 0.25) is 0 Å². The molecule has 0 radical (unpaired) electrons. The maximum absolute atomic E-state index is 6.11. The number of aromatic nitrogens is 3. The third-order valence-corrected chi connectivity index (χ3v) is 4.30. The summed E-state index contributed by atoms with van der Waals surface area (Å²) in [5, 5.41) is 4.13. The molecule has 0 aliphatic heterocycles. The van der Waals surface area contributed by atoms with E-state index in [2.05, 4.69) is 20.3 Å². The van der Waals surface area contributed by atoms with Gasteiger partial charge in [-0.2, -0.15) is 0 Å². The van der Waals surface area contributed by atoms with Crippen molar-refractivity contribution in [3.8, 4) is 17.2 Å². The van der Waals surface area contributed by atoms with Crippen LogP contribution in [0.4, 0.5) is 17.2 Å². The Labute approximate surface area is 168 Å². The number of aryl methyl sites for hydroxylation is 1. The van der Waals surface area contributed by atoms with Crippen LogP contribution < -0.4 is 20.5 Å². The Balaban J connectivity index is 1.55. The van der Waals surface area contributed by atoms with Gasteiger partial charge < -0.3 is 20.5 Å². The predicted octanol–water partition coefficient (Wildman–Crippen LogP) is 4.85. The zero-order valence-corrected chi connectivity index (χ0v) is 16.2. The Morgan fingerprint density at radius 2 is 1.76 bits per heavy atom. The van der Waals surface area contributed by atoms with Crippen molar-refractivity contribution in [2.75, 3.05) is 17.7 Å². The van der Waals surface area contributed by atoms with Crippen molar-refractivity contribution in [3.05, 3.63) is 66.7 Å². The number of nitrogens with zero attached hydrogens (tertiary/aromatic N) is 3. The van der Waals surface area contributed by atoms with Crippen LogP contribution >= 0.6 is 0 Å². The van der Waals surface area contributed by atoms with Gasteiger partial charge in [0.05, 0.1) is 24.0 Å². The summed E-state index contributed by atoms with van der Waals surface area (Å²) in [5.74, 6) is 2.70. The molecule has 29 heavy (non-hydrogen) atoms. The van der Waals surface area contributed by atoms with Crippen molar-refractivity contribution in [1.82, 2.24) is 15.0 Å². The van der Waals surface area contributed by atoms with Gasteiger partial charge in [0.25, 0.3) is 0 Å². The molecule has 0 spiro atoms. The summed E-state index contributed by atoms with van der Waals surface area (Å²) in [7, 11) is 0. The van der Waals surface area contributed by atoms with E-state index in [1.165, 1.54) is 6.33 Å². The molecule has 0 aliphatic rings. The Morgan fingerprint density at radius 1 is 0.966 bits per heavy atom. The lowest BCUT2D eigenvalue weighted by Gasteiger charge is -2.12. The number of hydrogen-bond acceptors (Lipinski definition) is 7. The maximum Gasteiger partial charge on any atom is 0.145 e. The summed E-state index contributed by atoms with van der Waals surface area (Å²) in [6.45, 7) is 4.39. The van der Waals surface area contributed by atoms with Crippen molar-refractivity contribution >= 4 is 28.1 Å². The first-order valence-electron chi connectivity index (χ1n) is 9.27. The van der Waals surface area contributed by atoms with E-state index in [1.54, 1.807) is 6.20 Å². The molecule has 0 saturated carbocycles. The molecule has 0 aliphatic carbocycles. The number of benzene rings is 2. The highest BCUT2D eigenvalue weighted by atomic mass is 16.5. The molecule has 0 atom stereocenters. The number of hydrogen-bond donors (Lipinski definition) is 2. The van der Waals surface area contributed by atoms with Crippen LogP contribution in [0.5, 0.6) is 17.2 Å². The molecule has 0 saturated heterocycles. The number of ether oxygens (including phenoxy) is 2. The highest BCUT2D eigenvalue weighted by molar-refractivity contribution is 5.94. The topological polar surface area (TPSA) is 95.2 Å². The summed E-state index contributed by atoms with van der Waals surface area (Å²) in [6, 6.07) is 15.1. The zero-order chi connectivity index (χ0) is 20.2. The van der Waals surface area contributed by atoms with E-state index in [4.69, 9.17) is 15.2 Å². The molecule has 2 aromatic carbocycles. The van der Waals surface area contributed by atoms with Crippen LogP contribution in [0, 0.1) is 6.92 Å². The lowest BCUT2D eigenvalue weighted by atomic mass is 10.2. The molecule has 146 valence electrons. The number of rotatable bonds is 6. The number of nitrogen functional groups attached to an aromatic ring is 1. The van der Waals surface area contributed by atoms with Crippen LogP contribution in [0.3, 0.4) is 0 Å². The summed E-state index contributed by atoms with van der Waals surface area (Å²) < 4.78 is 11.4. The molecule has 3 N–H and O–H groups in total. The van der Waals surface area contributed by atoms with Gasteiger partial charge >= 0.3 is 0 Å². The molecule has 2 heterocycles. The average Bonchev–Trinajstić information content (AvgIpc) is 2.72. The second-order valence-electron chi connectivity index (χ2n) is 6.45. The SMILES string of the molecule is CCOc1cc2ncnc(Nc3ccc(Oc4ccc(C)nc4)cc3)c2cc1N. The van der Waals surface area contributed by atoms with E-state index < -0.39 is 0 Å². The first kappa shape index (κ1) is 18.5. The Kier molecular flexibility index (Phi) is 5.11. The van der Waals surface area contributed by atoms with E-state index in [0.29, 0.717) is 29.6 Å². The molecule has 0 amide bonds. The first-order chi connectivity index (χ1) is 14.1. The van der Waals surface area contributed by atoms with Gasteiger partial charge in [0, 0.05) is 22.8 Å². The lowest BCUT2D eigenvalue weighted by molar-refractivity contribution is 0.342. The number of anilines is 3. The summed E-state index contributed by atoms with van der Waals surface area (Å²) in [4.78, 5) is 12.9. The number of nitrogens with two attached hydrogens (primary N) is 1. The third kappa shape index (κ3) is 4.19. The molecule has 0 unspecified atom stereocenters. The van der Waals surface area contributed by atoms with Crippen molar-refractivity contribution in [2.24, 2.45) is 0 Å². The molecule has 7 heteroatoms. The standard InChI is InChI=1S/C22H21N5O2/c1-3-28-21-11-20-18(10-19(21)23)22(26-13-25-20)27-15-5-8-16(9-6-15)29-17-7-4-14(2)24-12-17/h4-13H,3,23H2,1-2H3,(H,25,26,27). The summed E-state index contributed by atoms with van der Waals surface area (Å²) in [6.07, 6.45) is 3.22. The van der Waals surface area contributed by atoms with Crippen molar-refractivity contribution in [2.45, 2.75) is 13.8 Å². The Morgan fingerprint density at radius 3 is 2.48 bits per heavy atom. The highest BCUT2D eigenvalue weighted by Gasteiger charge is 2.09. The molecular weight excluding hydrogens is 366 g/mol. The first-order valence-corrected chi connectivity index (χ1v) is 9.27. The second-order valence-corrected chi connectivity index (χ2v) is 6.45. The Bertz CT molecular complexity index is 1130. The fourth-order valence-electron chi connectivity index (χ4n) is 2.87.